The Kier molecular flexibility index (Phi) is 5.23. The number of ether oxygens (including phenoxy) is 1. The summed E-state index contributed by atoms with van der Waals surface area (Å²) in [6.45, 7) is 2.10. The molecule has 1 saturated heterocycles. The van der Waals surface area contributed by atoms with E-state index in [0.29, 0.717) is 12.5 Å². The number of rotatable bonds is 5. The number of aromatic nitrogens is 2. The van der Waals surface area contributed by atoms with Gasteiger partial charge in [-0.05, 0) is 30.9 Å². The molecule has 0 bridgehead atoms. The molecule has 0 radical (unpaired) electrons. The number of anilines is 1. The maximum atomic E-state index is 8.84. The van der Waals surface area contributed by atoms with Crippen LogP contribution in [0, 0.1) is 5.92 Å². The highest BCUT2D eigenvalue weighted by atomic mass is 31.2. The van der Waals surface area contributed by atoms with Crippen LogP contribution in [0.1, 0.15) is 12.8 Å². The fourth-order valence-electron chi connectivity index (χ4n) is 2.95. The van der Waals surface area contributed by atoms with E-state index in [4.69, 9.17) is 19.0 Å². The topological polar surface area (TPSA) is 87.9 Å². The van der Waals surface area contributed by atoms with Gasteiger partial charge in [-0.3, -0.25) is 0 Å². The van der Waals surface area contributed by atoms with Crippen LogP contribution in [0.4, 0.5) is 5.82 Å². The third-order valence-electron chi connectivity index (χ3n) is 4.17. The van der Waals surface area contributed by atoms with Crippen molar-refractivity contribution in [1.29, 1.82) is 0 Å². The monoisotopic (exact) mass is 337 g/mol. The first-order valence-corrected chi connectivity index (χ1v) is 8.69. The Morgan fingerprint density at radius 2 is 2.04 bits per heavy atom. The van der Waals surface area contributed by atoms with E-state index in [9.17, 15) is 0 Å². The van der Waals surface area contributed by atoms with Crippen LogP contribution in [0.2, 0.25) is 0 Å². The van der Waals surface area contributed by atoms with Gasteiger partial charge in [-0.1, -0.05) is 6.07 Å². The van der Waals surface area contributed by atoms with E-state index >= 15 is 0 Å². The number of benzene rings is 1. The van der Waals surface area contributed by atoms with Crippen molar-refractivity contribution < 1.29 is 19.0 Å². The highest BCUT2D eigenvalue weighted by Crippen LogP contribution is 2.32. The van der Waals surface area contributed by atoms with Crippen molar-refractivity contribution in [3.63, 3.8) is 0 Å². The van der Waals surface area contributed by atoms with E-state index < -0.39 is 8.60 Å². The molecule has 1 aliphatic heterocycles. The summed E-state index contributed by atoms with van der Waals surface area (Å²) in [6, 6.07) is 5.84. The number of piperidine rings is 1. The van der Waals surface area contributed by atoms with Crippen molar-refractivity contribution >= 4 is 25.3 Å². The van der Waals surface area contributed by atoms with Crippen molar-refractivity contribution in [2.24, 2.45) is 5.92 Å². The summed E-state index contributed by atoms with van der Waals surface area (Å²) in [5.41, 5.74) is 0.816. The van der Waals surface area contributed by atoms with Crippen LogP contribution in [-0.4, -0.2) is 46.6 Å². The largest absolute Gasteiger partial charge is 0.494 e. The van der Waals surface area contributed by atoms with E-state index in [1.54, 1.807) is 13.4 Å². The van der Waals surface area contributed by atoms with Crippen LogP contribution in [-0.2, 0) is 4.52 Å². The highest BCUT2D eigenvalue weighted by Gasteiger charge is 2.23. The van der Waals surface area contributed by atoms with Crippen LogP contribution < -0.4 is 9.64 Å². The molecule has 0 saturated carbocycles. The van der Waals surface area contributed by atoms with Crippen molar-refractivity contribution in [2.45, 2.75) is 12.8 Å². The standard InChI is InChI=1S/C15H20N3O4P/c1-21-13-4-2-3-12-14(13)16-10-17-15(12)18-7-5-11(6-8-18)9-22-23(19)20/h2-4,10-11,19-20H,5-9H2,1H3. The Morgan fingerprint density at radius 1 is 1.26 bits per heavy atom. The number of hydrogen-bond acceptors (Lipinski definition) is 7. The molecule has 0 unspecified atom stereocenters. The molecule has 1 aromatic heterocycles. The lowest BCUT2D eigenvalue weighted by Crippen LogP contribution is -2.35. The first kappa shape index (κ1) is 16.3. The summed E-state index contributed by atoms with van der Waals surface area (Å²) in [5.74, 6) is 2.01. The van der Waals surface area contributed by atoms with Gasteiger partial charge in [0.05, 0.1) is 13.7 Å². The molecule has 0 spiro atoms. The molecule has 2 heterocycles. The van der Waals surface area contributed by atoms with Crippen LogP contribution >= 0.6 is 8.60 Å². The first-order chi connectivity index (χ1) is 11.2. The van der Waals surface area contributed by atoms with Gasteiger partial charge in [-0.25, -0.2) is 9.97 Å². The second-order valence-electron chi connectivity index (χ2n) is 5.53. The molecule has 1 aliphatic rings. The molecule has 0 amide bonds. The predicted molar refractivity (Wildman–Crippen MR) is 88.3 cm³/mol. The minimum atomic E-state index is -2.26. The van der Waals surface area contributed by atoms with E-state index in [1.165, 1.54) is 0 Å². The highest BCUT2D eigenvalue weighted by molar-refractivity contribution is 7.39. The fraction of sp³-hybridized carbons (Fsp3) is 0.467. The molecule has 1 aromatic carbocycles. The van der Waals surface area contributed by atoms with Gasteiger partial charge >= 0.3 is 8.60 Å². The Hall–Kier alpha value is -1.53. The average molecular weight is 337 g/mol. The molecule has 2 N–H and O–H groups in total. The van der Waals surface area contributed by atoms with Crippen molar-refractivity contribution in [3.05, 3.63) is 24.5 Å². The molecule has 23 heavy (non-hydrogen) atoms. The molecule has 1 fully saturated rings. The van der Waals surface area contributed by atoms with Crippen LogP contribution in [0.3, 0.4) is 0 Å². The van der Waals surface area contributed by atoms with E-state index in [2.05, 4.69) is 14.9 Å². The quantitative estimate of drug-likeness (QED) is 0.808. The maximum Gasteiger partial charge on any atom is 0.327 e. The van der Waals surface area contributed by atoms with Crippen molar-refractivity contribution in [3.8, 4) is 5.75 Å². The second kappa shape index (κ2) is 7.36. The molecular formula is C15H20N3O4P. The Morgan fingerprint density at radius 3 is 2.74 bits per heavy atom. The lowest BCUT2D eigenvalue weighted by Gasteiger charge is -2.33. The Labute approximate surface area is 135 Å². The number of nitrogens with zero attached hydrogens (tertiary/aromatic N) is 3. The van der Waals surface area contributed by atoms with Gasteiger partial charge in [0.25, 0.3) is 0 Å². The van der Waals surface area contributed by atoms with Gasteiger partial charge in [0.2, 0.25) is 0 Å². The van der Waals surface area contributed by atoms with E-state index in [1.807, 2.05) is 18.2 Å². The molecule has 124 valence electrons. The van der Waals surface area contributed by atoms with Crippen molar-refractivity contribution in [1.82, 2.24) is 9.97 Å². The van der Waals surface area contributed by atoms with Gasteiger partial charge < -0.3 is 23.9 Å². The minimum absolute atomic E-state index is 0.346. The maximum absolute atomic E-state index is 8.84. The first-order valence-electron chi connectivity index (χ1n) is 7.52. The summed E-state index contributed by atoms with van der Waals surface area (Å²) in [6.07, 6.45) is 3.43. The van der Waals surface area contributed by atoms with Crippen LogP contribution in [0.25, 0.3) is 10.9 Å². The summed E-state index contributed by atoms with van der Waals surface area (Å²) in [4.78, 5) is 28.7. The summed E-state index contributed by atoms with van der Waals surface area (Å²) >= 11 is 0. The lowest BCUT2D eigenvalue weighted by atomic mass is 9.97. The minimum Gasteiger partial charge on any atom is -0.494 e. The molecule has 0 aliphatic carbocycles. The molecule has 2 aromatic rings. The average Bonchev–Trinajstić information content (AvgIpc) is 2.59. The summed E-state index contributed by atoms with van der Waals surface area (Å²) in [7, 11) is -0.619. The van der Waals surface area contributed by atoms with Crippen molar-refractivity contribution in [2.75, 3.05) is 31.7 Å². The molecule has 0 atom stereocenters. The van der Waals surface area contributed by atoms with Crippen LogP contribution in [0.5, 0.6) is 5.75 Å². The van der Waals surface area contributed by atoms with Gasteiger partial charge in [-0.2, -0.15) is 0 Å². The van der Waals surface area contributed by atoms with E-state index in [0.717, 1.165) is 48.4 Å². The second-order valence-corrected chi connectivity index (χ2v) is 6.30. The third-order valence-corrected chi connectivity index (χ3v) is 4.55. The number of hydrogen-bond donors (Lipinski definition) is 2. The molecular weight excluding hydrogens is 317 g/mol. The zero-order chi connectivity index (χ0) is 16.2. The smallest absolute Gasteiger partial charge is 0.327 e. The van der Waals surface area contributed by atoms with Gasteiger partial charge in [-0.15, -0.1) is 0 Å². The summed E-state index contributed by atoms with van der Waals surface area (Å²) in [5, 5.41) is 0.982. The van der Waals surface area contributed by atoms with Crippen LogP contribution in [0.15, 0.2) is 24.5 Å². The van der Waals surface area contributed by atoms with E-state index in [-0.39, 0.29) is 0 Å². The molecule has 8 heteroatoms. The molecule has 3 rings (SSSR count). The Balaban J connectivity index is 1.75. The van der Waals surface area contributed by atoms with Gasteiger partial charge in [0, 0.05) is 18.5 Å². The fourth-order valence-corrected chi connectivity index (χ4v) is 3.29. The SMILES string of the molecule is COc1cccc2c(N3CCC(COP(O)O)CC3)ncnc12. The summed E-state index contributed by atoms with van der Waals surface area (Å²) < 4.78 is 10.3. The Bertz CT molecular complexity index is 662. The number of para-hydroxylation sites is 1. The predicted octanol–water partition coefficient (Wildman–Crippen LogP) is 2.08. The number of methoxy groups -OCH3 is 1. The van der Waals surface area contributed by atoms with Gasteiger partial charge in [0.15, 0.2) is 0 Å². The third kappa shape index (κ3) is 3.70. The lowest BCUT2D eigenvalue weighted by molar-refractivity contribution is 0.194. The number of fused-ring (bicyclic) bond motifs is 1. The van der Waals surface area contributed by atoms with Gasteiger partial charge in [0.1, 0.15) is 23.4 Å². The normalized spacial score (nSPS) is 16.3. The zero-order valence-corrected chi connectivity index (χ0v) is 13.8. The zero-order valence-electron chi connectivity index (χ0n) is 12.9. The molecule has 7 nitrogen and oxygen atoms in total.